The summed E-state index contributed by atoms with van der Waals surface area (Å²) in [7, 11) is 0. The monoisotopic (exact) mass is 257 g/mol. The third kappa shape index (κ3) is 5.04. The number of nitriles is 1. The zero-order chi connectivity index (χ0) is 14.3. The highest BCUT2D eigenvalue weighted by Crippen LogP contribution is 2.11. The molecule has 0 aliphatic heterocycles. The molecule has 5 heteroatoms. The van der Waals surface area contributed by atoms with Crippen molar-refractivity contribution >= 4 is 17.5 Å². The summed E-state index contributed by atoms with van der Waals surface area (Å²) in [5.41, 5.74) is 1.89. The molecule has 5 nitrogen and oxygen atoms in total. The summed E-state index contributed by atoms with van der Waals surface area (Å²) in [6, 6.07) is 8.84. The van der Waals surface area contributed by atoms with Crippen molar-refractivity contribution in [3.05, 3.63) is 42.0 Å². The van der Waals surface area contributed by atoms with Crippen LogP contribution in [-0.2, 0) is 16.1 Å². The SMILES string of the molecule is C=C(C)C(=O)NCc1cccc(NC(=O)CC#N)c1. The lowest BCUT2D eigenvalue weighted by atomic mass is 10.2. The van der Waals surface area contributed by atoms with Crippen LogP contribution in [0.1, 0.15) is 18.9 Å². The largest absolute Gasteiger partial charge is 0.348 e. The Labute approximate surface area is 111 Å². The molecule has 0 saturated carbocycles. The fourth-order valence-corrected chi connectivity index (χ4v) is 1.37. The first kappa shape index (κ1) is 14.5. The summed E-state index contributed by atoms with van der Waals surface area (Å²) < 4.78 is 0. The zero-order valence-corrected chi connectivity index (χ0v) is 10.7. The summed E-state index contributed by atoms with van der Waals surface area (Å²) in [6.45, 7) is 5.53. The van der Waals surface area contributed by atoms with Crippen LogP contribution in [-0.4, -0.2) is 11.8 Å². The summed E-state index contributed by atoms with van der Waals surface area (Å²) in [5.74, 6) is -0.565. The number of rotatable bonds is 5. The quantitative estimate of drug-likeness (QED) is 0.788. The summed E-state index contributed by atoms with van der Waals surface area (Å²) in [5, 5.41) is 13.7. The van der Waals surface area contributed by atoms with Crippen LogP contribution < -0.4 is 10.6 Å². The van der Waals surface area contributed by atoms with Gasteiger partial charge in [0, 0.05) is 17.8 Å². The Bertz CT molecular complexity index is 544. The molecule has 19 heavy (non-hydrogen) atoms. The highest BCUT2D eigenvalue weighted by Gasteiger charge is 2.04. The molecule has 0 aromatic heterocycles. The first-order chi connectivity index (χ1) is 9.02. The van der Waals surface area contributed by atoms with Gasteiger partial charge in [0.25, 0.3) is 0 Å². The molecule has 0 heterocycles. The molecule has 2 N–H and O–H groups in total. The van der Waals surface area contributed by atoms with Crippen molar-refractivity contribution in [3.8, 4) is 6.07 Å². The molecule has 0 aliphatic carbocycles. The lowest BCUT2D eigenvalue weighted by Crippen LogP contribution is -2.23. The van der Waals surface area contributed by atoms with E-state index in [-0.39, 0.29) is 18.2 Å². The van der Waals surface area contributed by atoms with E-state index in [0.29, 0.717) is 17.8 Å². The van der Waals surface area contributed by atoms with Crippen LogP contribution >= 0.6 is 0 Å². The second-order valence-corrected chi connectivity index (χ2v) is 4.05. The molecule has 0 spiro atoms. The standard InChI is InChI=1S/C14H15N3O2/c1-10(2)14(19)16-9-11-4-3-5-12(8-11)17-13(18)6-7-15/h3-5,8H,1,6,9H2,2H3,(H,16,19)(H,17,18). The Kier molecular flexibility index (Phi) is 5.30. The molecule has 2 amide bonds. The van der Waals surface area contributed by atoms with Crippen LogP contribution in [0.3, 0.4) is 0 Å². The fraction of sp³-hybridized carbons (Fsp3) is 0.214. The summed E-state index contributed by atoms with van der Waals surface area (Å²) in [4.78, 5) is 22.6. The van der Waals surface area contributed by atoms with Crippen molar-refractivity contribution in [2.75, 3.05) is 5.32 Å². The number of anilines is 1. The molecule has 98 valence electrons. The average Bonchev–Trinajstić information content (AvgIpc) is 2.36. The number of hydrogen-bond donors (Lipinski definition) is 2. The van der Waals surface area contributed by atoms with Crippen LogP contribution in [0.15, 0.2) is 36.4 Å². The minimum Gasteiger partial charge on any atom is -0.348 e. The molecular weight excluding hydrogens is 242 g/mol. The van der Waals surface area contributed by atoms with Crippen LogP contribution in [0.2, 0.25) is 0 Å². The van der Waals surface area contributed by atoms with Crippen LogP contribution in [0.4, 0.5) is 5.69 Å². The number of carbonyl (C=O) groups excluding carboxylic acids is 2. The number of amides is 2. The van der Waals surface area contributed by atoms with Crippen molar-refractivity contribution < 1.29 is 9.59 Å². The van der Waals surface area contributed by atoms with E-state index in [9.17, 15) is 9.59 Å². The van der Waals surface area contributed by atoms with Gasteiger partial charge in [-0.2, -0.15) is 5.26 Å². The summed E-state index contributed by atoms with van der Waals surface area (Å²) >= 11 is 0. The summed E-state index contributed by atoms with van der Waals surface area (Å²) in [6.07, 6.45) is -0.184. The molecule has 1 rings (SSSR count). The van der Waals surface area contributed by atoms with Gasteiger partial charge in [-0.3, -0.25) is 9.59 Å². The van der Waals surface area contributed by atoms with E-state index in [1.54, 1.807) is 31.2 Å². The topological polar surface area (TPSA) is 82.0 Å². The molecular formula is C14H15N3O2. The lowest BCUT2D eigenvalue weighted by molar-refractivity contribution is -0.117. The fourth-order valence-electron chi connectivity index (χ4n) is 1.37. The minimum atomic E-state index is -0.356. The van der Waals surface area contributed by atoms with E-state index in [0.717, 1.165) is 5.56 Å². The van der Waals surface area contributed by atoms with Gasteiger partial charge in [-0.15, -0.1) is 0 Å². The highest BCUT2D eigenvalue weighted by atomic mass is 16.2. The van der Waals surface area contributed by atoms with E-state index >= 15 is 0 Å². The number of nitrogens with zero attached hydrogens (tertiary/aromatic N) is 1. The molecule has 0 saturated heterocycles. The first-order valence-corrected chi connectivity index (χ1v) is 5.72. The van der Waals surface area contributed by atoms with Crippen LogP contribution in [0.5, 0.6) is 0 Å². The van der Waals surface area contributed by atoms with Gasteiger partial charge in [-0.05, 0) is 24.6 Å². The maximum atomic E-state index is 11.3. The minimum absolute atomic E-state index is 0.184. The number of nitrogens with one attached hydrogen (secondary N) is 2. The molecule has 0 aliphatic rings. The average molecular weight is 257 g/mol. The predicted molar refractivity (Wildman–Crippen MR) is 72.0 cm³/mol. The van der Waals surface area contributed by atoms with Crippen molar-refractivity contribution in [1.29, 1.82) is 5.26 Å². The Hall–Kier alpha value is -2.61. The van der Waals surface area contributed by atoms with Gasteiger partial charge >= 0.3 is 0 Å². The second kappa shape index (κ2) is 6.97. The zero-order valence-electron chi connectivity index (χ0n) is 10.7. The molecule has 1 aromatic rings. The molecule has 1 aromatic carbocycles. The van der Waals surface area contributed by atoms with Gasteiger partial charge in [0.15, 0.2) is 0 Å². The normalized spacial score (nSPS) is 9.26. The number of hydrogen-bond acceptors (Lipinski definition) is 3. The molecule has 0 unspecified atom stereocenters. The maximum Gasteiger partial charge on any atom is 0.246 e. The van der Waals surface area contributed by atoms with Crippen LogP contribution in [0.25, 0.3) is 0 Å². The van der Waals surface area contributed by atoms with Gasteiger partial charge in [0.1, 0.15) is 6.42 Å². The van der Waals surface area contributed by atoms with E-state index in [2.05, 4.69) is 17.2 Å². The Morgan fingerprint density at radius 1 is 1.42 bits per heavy atom. The second-order valence-electron chi connectivity index (χ2n) is 4.05. The van der Waals surface area contributed by atoms with Gasteiger partial charge in [-0.1, -0.05) is 18.7 Å². The van der Waals surface area contributed by atoms with E-state index < -0.39 is 0 Å². The predicted octanol–water partition coefficient (Wildman–Crippen LogP) is 1.73. The molecule has 0 fully saturated rings. The van der Waals surface area contributed by atoms with Crippen LogP contribution in [0, 0.1) is 11.3 Å². The lowest BCUT2D eigenvalue weighted by Gasteiger charge is -2.07. The Morgan fingerprint density at radius 3 is 2.79 bits per heavy atom. The van der Waals surface area contributed by atoms with Gasteiger partial charge in [0.2, 0.25) is 11.8 Å². The van der Waals surface area contributed by atoms with Crippen molar-refractivity contribution in [3.63, 3.8) is 0 Å². The van der Waals surface area contributed by atoms with E-state index in [4.69, 9.17) is 5.26 Å². The van der Waals surface area contributed by atoms with Crippen molar-refractivity contribution in [2.24, 2.45) is 0 Å². The van der Waals surface area contributed by atoms with Gasteiger partial charge in [-0.25, -0.2) is 0 Å². The Balaban J connectivity index is 2.62. The Morgan fingerprint density at radius 2 is 2.16 bits per heavy atom. The van der Waals surface area contributed by atoms with Gasteiger partial charge < -0.3 is 10.6 Å². The molecule has 0 radical (unpaired) electrons. The maximum absolute atomic E-state index is 11.3. The van der Waals surface area contributed by atoms with Gasteiger partial charge in [0.05, 0.1) is 6.07 Å². The number of carbonyl (C=O) groups is 2. The smallest absolute Gasteiger partial charge is 0.246 e. The van der Waals surface area contributed by atoms with Crippen molar-refractivity contribution in [1.82, 2.24) is 5.32 Å². The van der Waals surface area contributed by atoms with Crippen molar-refractivity contribution in [2.45, 2.75) is 19.9 Å². The van der Waals surface area contributed by atoms with E-state index in [1.807, 2.05) is 6.07 Å². The van der Waals surface area contributed by atoms with E-state index in [1.165, 1.54) is 0 Å². The molecule has 0 bridgehead atoms. The number of benzene rings is 1. The third-order valence-electron chi connectivity index (χ3n) is 2.29. The molecule has 0 atom stereocenters. The third-order valence-corrected chi connectivity index (χ3v) is 2.29. The highest BCUT2D eigenvalue weighted by molar-refractivity contribution is 5.92. The first-order valence-electron chi connectivity index (χ1n) is 5.72.